The first-order valence-electron chi connectivity index (χ1n) is 8.95. The van der Waals surface area contributed by atoms with Crippen molar-refractivity contribution in [2.24, 2.45) is 0 Å². The highest BCUT2D eigenvalue weighted by Crippen LogP contribution is 2.20. The molecule has 0 aliphatic heterocycles. The third-order valence-electron chi connectivity index (χ3n) is 4.35. The van der Waals surface area contributed by atoms with Gasteiger partial charge in [-0.2, -0.15) is 5.10 Å². The Morgan fingerprint density at radius 1 is 1.14 bits per heavy atom. The van der Waals surface area contributed by atoms with Gasteiger partial charge in [0.2, 0.25) is 0 Å². The fraction of sp³-hybridized carbons (Fsp3) is 0.0952. The SMILES string of the molecule is O=C(NCCn1nc(-c2ccco2)ccc1=O)c1cc(-c2ccc(F)cc2)c[nH]1. The molecule has 1 aromatic carbocycles. The lowest BCUT2D eigenvalue weighted by molar-refractivity contribution is 0.0947. The highest BCUT2D eigenvalue weighted by molar-refractivity contribution is 5.93. The Morgan fingerprint density at radius 3 is 2.72 bits per heavy atom. The second kappa shape index (κ2) is 7.97. The molecule has 29 heavy (non-hydrogen) atoms. The topological polar surface area (TPSA) is 92.9 Å². The van der Waals surface area contributed by atoms with Crippen molar-refractivity contribution in [2.75, 3.05) is 6.54 Å². The zero-order valence-electron chi connectivity index (χ0n) is 15.3. The Morgan fingerprint density at radius 2 is 1.97 bits per heavy atom. The summed E-state index contributed by atoms with van der Waals surface area (Å²) in [4.78, 5) is 27.2. The van der Waals surface area contributed by atoms with Gasteiger partial charge in [0, 0.05) is 18.8 Å². The van der Waals surface area contributed by atoms with Crippen LogP contribution >= 0.6 is 0 Å². The number of carbonyl (C=O) groups excluding carboxylic acids is 1. The van der Waals surface area contributed by atoms with E-state index in [2.05, 4.69) is 15.4 Å². The number of aromatic amines is 1. The van der Waals surface area contributed by atoms with Crippen LogP contribution in [-0.4, -0.2) is 27.2 Å². The number of H-pyrrole nitrogens is 1. The molecule has 146 valence electrons. The zero-order valence-corrected chi connectivity index (χ0v) is 15.3. The number of hydrogen-bond acceptors (Lipinski definition) is 4. The fourth-order valence-corrected chi connectivity index (χ4v) is 2.87. The van der Waals surface area contributed by atoms with E-state index in [1.807, 2.05) is 0 Å². The Bertz CT molecular complexity index is 1180. The predicted octanol–water partition coefficient (Wildman–Crippen LogP) is 3.07. The van der Waals surface area contributed by atoms with Crippen molar-refractivity contribution in [1.82, 2.24) is 20.1 Å². The quantitative estimate of drug-likeness (QED) is 0.527. The van der Waals surface area contributed by atoms with Crippen LogP contribution in [0, 0.1) is 5.82 Å². The van der Waals surface area contributed by atoms with Gasteiger partial charge in [-0.15, -0.1) is 0 Å². The summed E-state index contributed by atoms with van der Waals surface area (Å²) in [7, 11) is 0. The van der Waals surface area contributed by atoms with Crippen LogP contribution in [0.3, 0.4) is 0 Å². The van der Waals surface area contributed by atoms with Crippen LogP contribution in [0.25, 0.3) is 22.6 Å². The van der Waals surface area contributed by atoms with Gasteiger partial charge in [0.1, 0.15) is 17.2 Å². The van der Waals surface area contributed by atoms with Gasteiger partial charge >= 0.3 is 0 Å². The molecule has 3 aromatic heterocycles. The highest BCUT2D eigenvalue weighted by atomic mass is 19.1. The third kappa shape index (κ3) is 4.16. The van der Waals surface area contributed by atoms with Gasteiger partial charge < -0.3 is 14.7 Å². The predicted molar refractivity (Wildman–Crippen MR) is 105 cm³/mol. The molecule has 3 heterocycles. The van der Waals surface area contributed by atoms with E-state index in [-0.39, 0.29) is 30.4 Å². The summed E-state index contributed by atoms with van der Waals surface area (Å²) in [5.41, 5.74) is 2.21. The lowest BCUT2D eigenvalue weighted by Gasteiger charge is -2.07. The van der Waals surface area contributed by atoms with Crippen molar-refractivity contribution in [3.8, 4) is 22.6 Å². The lowest BCUT2D eigenvalue weighted by atomic mass is 10.1. The van der Waals surface area contributed by atoms with Gasteiger partial charge in [0.05, 0.1) is 12.8 Å². The molecule has 7 nitrogen and oxygen atoms in total. The van der Waals surface area contributed by atoms with Gasteiger partial charge in [-0.05, 0) is 47.5 Å². The van der Waals surface area contributed by atoms with E-state index in [1.54, 1.807) is 42.6 Å². The van der Waals surface area contributed by atoms with Crippen molar-refractivity contribution < 1.29 is 13.6 Å². The van der Waals surface area contributed by atoms with Crippen molar-refractivity contribution in [3.05, 3.63) is 88.9 Å². The van der Waals surface area contributed by atoms with E-state index in [0.29, 0.717) is 17.1 Å². The molecule has 0 aliphatic carbocycles. The van der Waals surface area contributed by atoms with E-state index in [9.17, 15) is 14.0 Å². The van der Waals surface area contributed by atoms with Gasteiger partial charge in [-0.1, -0.05) is 12.1 Å². The Labute approximate surface area is 164 Å². The van der Waals surface area contributed by atoms with Crippen LogP contribution in [0.5, 0.6) is 0 Å². The maximum absolute atomic E-state index is 13.0. The molecule has 2 N–H and O–H groups in total. The van der Waals surface area contributed by atoms with Crippen molar-refractivity contribution in [1.29, 1.82) is 0 Å². The second-order valence-corrected chi connectivity index (χ2v) is 6.32. The minimum atomic E-state index is -0.317. The number of benzene rings is 1. The molecule has 0 atom stereocenters. The van der Waals surface area contributed by atoms with Crippen LogP contribution in [0.1, 0.15) is 10.5 Å². The maximum atomic E-state index is 13.0. The zero-order chi connectivity index (χ0) is 20.2. The number of amides is 1. The molecule has 0 radical (unpaired) electrons. The van der Waals surface area contributed by atoms with Crippen LogP contribution in [0.2, 0.25) is 0 Å². The average molecular weight is 392 g/mol. The molecule has 0 aliphatic rings. The molecule has 4 rings (SSSR count). The van der Waals surface area contributed by atoms with Gasteiger partial charge in [-0.25, -0.2) is 9.07 Å². The standard InChI is InChI=1S/C21H17FN4O3/c22-16-5-3-14(4-6-16)15-12-18(24-13-15)21(28)23-9-10-26-20(27)8-7-17(25-26)19-2-1-11-29-19/h1-8,11-13,24H,9-10H2,(H,23,28). The summed E-state index contributed by atoms with van der Waals surface area (Å²) in [5.74, 6) is -0.0710. The molecule has 0 saturated heterocycles. The third-order valence-corrected chi connectivity index (χ3v) is 4.35. The Hall–Kier alpha value is -3.94. The second-order valence-electron chi connectivity index (χ2n) is 6.32. The molecule has 0 fully saturated rings. The molecular weight excluding hydrogens is 375 g/mol. The van der Waals surface area contributed by atoms with Crippen LogP contribution in [0.15, 0.2) is 76.3 Å². The number of nitrogens with zero attached hydrogens (tertiary/aromatic N) is 2. The van der Waals surface area contributed by atoms with Gasteiger partial charge in [-0.3, -0.25) is 9.59 Å². The first-order chi connectivity index (χ1) is 14.1. The Balaban J connectivity index is 1.39. The summed E-state index contributed by atoms with van der Waals surface area (Å²) in [6.45, 7) is 0.433. The summed E-state index contributed by atoms with van der Waals surface area (Å²) >= 11 is 0. The van der Waals surface area contributed by atoms with E-state index >= 15 is 0 Å². The minimum Gasteiger partial charge on any atom is -0.463 e. The summed E-state index contributed by atoms with van der Waals surface area (Å²) in [5, 5.41) is 7.01. The molecule has 1 amide bonds. The number of rotatable bonds is 6. The lowest BCUT2D eigenvalue weighted by Crippen LogP contribution is -2.32. The number of aromatic nitrogens is 3. The van der Waals surface area contributed by atoms with E-state index in [1.165, 1.54) is 29.1 Å². The van der Waals surface area contributed by atoms with E-state index in [4.69, 9.17) is 4.42 Å². The fourth-order valence-electron chi connectivity index (χ4n) is 2.87. The molecule has 4 aromatic rings. The smallest absolute Gasteiger partial charge is 0.267 e. The number of nitrogens with one attached hydrogen (secondary N) is 2. The first kappa shape index (κ1) is 18.4. The van der Waals surface area contributed by atoms with E-state index < -0.39 is 0 Å². The highest BCUT2D eigenvalue weighted by Gasteiger charge is 2.10. The normalized spacial score (nSPS) is 10.8. The average Bonchev–Trinajstić information content (AvgIpc) is 3.42. The van der Waals surface area contributed by atoms with Crippen molar-refractivity contribution in [3.63, 3.8) is 0 Å². The molecular formula is C21H17FN4O3. The van der Waals surface area contributed by atoms with E-state index in [0.717, 1.165) is 11.1 Å². The summed E-state index contributed by atoms with van der Waals surface area (Å²) < 4.78 is 19.6. The van der Waals surface area contributed by atoms with Crippen molar-refractivity contribution >= 4 is 5.91 Å². The van der Waals surface area contributed by atoms with Crippen molar-refractivity contribution in [2.45, 2.75) is 6.54 Å². The van der Waals surface area contributed by atoms with Crippen LogP contribution in [-0.2, 0) is 6.54 Å². The number of carbonyl (C=O) groups is 1. The van der Waals surface area contributed by atoms with Gasteiger partial charge in [0.25, 0.3) is 11.5 Å². The number of furan rings is 1. The van der Waals surface area contributed by atoms with Crippen LogP contribution < -0.4 is 10.9 Å². The first-order valence-corrected chi connectivity index (χ1v) is 8.95. The van der Waals surface area contributed by atoms with Crippen LogP contribution in [0.4, 0.5) is 4.39 Å². The number of hydrogen-bond donors (Lipinski definition) is 2. The number of halogens is 1. The summed E-state index contributed by atoms with van der Waals surface area (Å²) in [6, 6.07) is 14.2. The molecule has 0 unspecified atom stereocenters. The molecule has 0 spiro atoms. The van der Waals surface area contributed by atoms with Gasteiger partial charge in [0.15, 0.2) is 5.76 Å². The maximum Gasteiger partial charge on any atom is 0.267 e. The Kier molecular flexibility index (Phi) is 5.07. The largest absolute Gasteiger partial charge is 0.463 e. The minimum absolute atomic E-state index is 0.213. The molecule has 0 saturated carbocycles. The molecule has 8 heteroatoms. The monoisotopic (exact) mass is 392 g/mol. The summed E-state index contributed by atoms with van der Waals surface area (Å²) in [6.07, 6.45) is 3.21. The molecule has 0 bridgehead atoms.